The van der Waals surface area contributed by atoms with Gasteiger partial charge in [0.25, 0.3) is 0 Å². The van der Waals surface area contributed by atoms with E-state index in [4.69, 9.17) is 34.8 Å². The molecule has 0 aromatic heterocycles. The minimum absolute atomic E-state index is 0.277. The number of halogens is 4. The highest BCUT2D eigenvalue weighted by molar-refractivity contribution is 6.42. The first-order valence-electron chi connectivity index (χ1n) is 5.81. The predicted octanol–water partition coefficient (Wildman–Crippen LogP) is 5.96. The maximum atomic E-state index is 13.3. The Bertz CT molecular complexity index is 596. The van der Waals surface area contributed by atoms with Gasteiger partial charge in [0.2, 0.25) is 0 Å². The molecule has 0 radical (unpaired) electrons. The Morgan fingerprint density at radius 2 is 1.79 bits per heavy atom. The topological polar surface area (TPSA) is 0 Å². The SMILES string of the molecule is Cc1ccc(F)cc1C(Cl)Cc1ccc(Cl)c(Cl)c1. The molecule has 19 heavy (non-hydrogen) atoms. The quantitative estimate of drug-likeness (QED) is 0.612. The average Bonchev–Trinajstić information content (AvgIpc) is 2.36. The highest BCUT2D eigenvalue weighted by Crippen LogP contribution is 2.30. The molecule has 0 heterocycles. The lowest BCUT2D eigenvalue weighted by molar-refractivity contribution is 0.624. The van der Waals surface area contributed by atoms with Crippen molar-refractivity contribution in [2.45, 2.75) is 18.7 Å². The zero-order valence-corrected chi connectivity index (χ0v) is 12.5. The number of benzene rings is 2. The van der Waals surface area contributed by atoms with E-state index in [0.717, 1.165) is 16.7 Å². The largest absolute Gasteiger partial charge is 0.207 e. The van der Waals surface area contributed by atoms with Crippen molar-refractivity contribution in [2.75, 3.05) is 0 Å². The van der Waals surface area contributed by atoms with Crippen LogP contribution in [0.4, 0.5) is 4.39 Å². The lowest BCUT2D eigenvalue weighted by atomic mass is 10.00. The summed E-state index contributed by atoms with van der Waals surface area (Å²) in [7, 11) is 0. The molecule has 0 bridgehead atoms. The Hall–Kier alpha value is -0.760. The van der Waals surface area contributed by atoms with Gasteiger partial charge >= 0.3 is 0 Å². The summed E-state index contributed by atoms with van der Waals surface area (Å²) in [6.07, 6.45) is 0.572. The number of rotatable bonds is 3. The highest BCUT2D eigenvalue weighted by atomic mass is 35.5. The van der Waals surface area contributed by atoms with E-state index in [1.807, 2.05) is 13.0 Å². The van der Waals surface area contributed by atoms with E-state index in [9.17, 15) is 4.39 Å². The molecular formula is C15H12Cl3F. The van der Waals surface area contributed by atoms with Crippen molar-refractivity contribution in [3.8, 4) is 0 Å². The number of hydrogen-bond acceptors (Lipinski definition) is 0. The van der Waals surface area contributed by atoms with Crippen LogP contribution in [0.1, 0.15) is 22.1 Å². The van der Waals surface area contributed by atoms with Crippen molar-refractivity contribution in [1.29, 1.82) is 0 Å². The molecule has 100 valence electrons. The summed E-state index contributed by atoms with van der Waals surface area (Å²) in [4.78, 5) is 0. The van der Waals surface area contributed by atoms with Crippen LogP contribution in [0.25, 0.3) is 0 Å². The van der Waals surface area contributed by atoms with Crippen LogP contribution in [0.15, 0.2) is 36.4 Å². The molecule has 0 aliphatic carbocycles. The average molecular weight is 318 g/mol. The fraction of sp³-hybridized carbons (Fsp3) is 0.200. The first kappa shape index (κ1) is 14.6. The van der Waals surface area contributed by atoms with E-state index >= 15 is 0 Å². The first-order valence-corrected chi connectivity index (χ1v) is 7.00. The van der Waals surface area contributed by atoms with Gasteiger partial charge in [0, 0.05) is 0 Å². The maximum Gasteiger partial charge on any atom is 0.123 e. The van der Waals surface area contributed by atoms with E-state index in [0.29, 0.717) is 16.5 Å². The third kappa shape index (κ3) is 3.62. The van der Waals surface area contributed by atoms with Gasteiger partial charge in [-0.25, -0.2) is 4.39 Å². The Kier molecular flexibility index (Phi) is 4.72. The molecule has 0 spiro atoms. The zero-order valence-electron chi connectivity index (χ0n) is 10.3. The van der Waals surface area contributed by atoms with Gasteiger partial charge in [-0.3, -0.25) is 0 Å². The highest BCUT2D eigenvalue weighted by Gasteiger charge is 2.13. The van der Waals surface area contributed by atoms with Crippen LogP contribution in [-0.2, 0) is 6.42 Å². The second-order valence-corrected chi connectivity index (χ2v) is 5.76. The third-order valence-corrected chi connectivity index (χ3v) is 4.11. The van der Waals surface area contributed by atoms with Crippen molar-refractivity contribution in [1.82, 2.24) is 0 Å². The Labute approximate surface area is 127 Å². The molecule has 0 aliphatic heterocycles. The number of alkyl halides is 1. The van der Waals surface area contributed by atoms with Crippen molar-refractivity contribution in [3.63, 3.8) is 0 Å². The lowest BCUT2D eigenvalue weighted by Crippen LogP contribution is -1.99. The molecule has 0 nitrogen and oxygen atoms in total. The van der Waals surface area contributed by atoms with Crippen molar-refractivity contribution in [2.24, 2.45) is 0 Å². The molecule has 0 aliphatic rings. The van der Waals surface area contributed by atoms with E-state index in [1.165, 1.54) is 12.1 Å². The fourth-order valence-electron chi connectivity index (χ4n) is 1.93. The molecular weight excluding hydrogens is 306 g/mol. The molecule has 2 aromatic rings. The zero-order chi connectivity index (χ0) is 14.0. The second kappa shape index (κ2) is 6.13. The Balaban J connectivity index is 2.22. The first-order chi connectivity index (χ1) is 8.97. The van der Waals surface area contributed by atoms with Crippen LogP contribution in [0.2, 0.25) is 10.0 Å². The van der Waals surface area contributed by atoms with E-state index in [1.54, 1.807) is 18.2 Å². The molecule has 0 amide bonds. The van der Waals surface area contributed by atoms with Gasteiger partial charge in [0.1, 0.15) is 5.82 Å². The summed E-state index contributed by atoms with van der Waals surface area (Å²) in [6.45, 7) is 1.92. The summed E-state index contributed by atoms with van der Waals surface area (Å²) < 4.78 is 13.3. The van der Waals surface area contributed by atoms with Crippen LogP contribution in [-0.4, -0.2) is 0 Å². The fourth-order valence-corrected chi connectivity index (χ4v) is 2.67. The lowest BCUT2D eigenvalue weighted by Gasteiger charge is -2.13. The predicted molar refractivity (Wildman–Crippen MR) is 79.9 cm³/mol. The van der Waals surface area contributed by atoms with Crippen molar-refractivity contribution >= 4 is 34.8 Å². The second-order valence-electron chi connectivity index (χ2n) is 4.42. The van der Waals surface area contributed by atoms with Crippen LogP contribution in [0, 0.1) is 12.7 Å². The normalized spacial score (nSPS) is 12.5. The van der Waals surface area contributed by atoms with Gasteiger partial charge < -0.3 is 0 Å². The third-order valence-electron chi connectivity index (χ3n) is 2.98. The summed E-state index contributed by atoms with van der Waals surface area (Å²) in [6, 6.07) is 10.0. The van der Waals surface area contributed by atoms with Gasteiger partial charge in [0.05, 0.1) is 15.4 Å². The maximum absolute atomic E-state index is 13.3. The minimum atomic E-state index is -0.298. The number of aryl methyl sites for hydroxylation is 1. The number of hydrogen-bond donors (Lipinski definition) is 0. The van der Waals surface area contributed by atoms with Gasteiger partial charge in [-0.2, -0.15) is 0 Å². The molecule has 0 N–H and O–H groups in total. The van der Waals surface area contributed by atoms with Crippen LogP contribution in [0.3, 0.4) is 0 Å². The molecule has 2 aromatic carbocycles. The van der Waals surface area contributed by atoms with E-state index < -0.39 is 0 Å². The van der Waals surface area contributed by atoms with Gasteiger partial charge in [-0.1, -0.05) is 35.3 Å². The molecule has 0 saturated heterocycles. The smallest absolute Gasteiger partial charge is 0.123 e. The monoisotopic (exact) mass is 316 g/mol. The summed E-state index contributed by atoms with van der Waals surface area (Å²) in [5.41, 5.74) is 2.74. The molecule has 1 atom stereocenters. The van der Waals surface area contributed by atoms with Crippen LogP contribution < -0.4 is 0 Å². The molecule has 4 heteroatoms. The summed E-state index contributed by atoms with van der Waals surface area (Å²) in [5.74, 6) is -0.277. The summed E-state index contributed by atoms with van der Waals surface area (Å²) >= 11 is 18.2. The standard InChI is InChI=1S/C15H12Cl3F/c1-9-2-4-11(19)8-12(9)14(17)6-10-3-5-13(16)15(18)7-10/h2-5,7-8,14H,6H2,1H3. The van der Waals surface area contributed by atoms with Gasteiger partial charge in [0.15, 0.2) is 0 Å². The molecule has 1 unspecified atom stereocenters. The van der Waals surface area contributed by atoms with Crippen LogP contribution in [0.5, 0.6) is 0 Å². The summed E-state index contributed by atoms with van der Waals surface area (Å²) in [5, 5.41) is 0.713. The van der Waals surface area contributed by atoms with E-state index in [2.05, 4.69) is 0 Å². The van der Waals surface area contributed by atoms with E-state index in [-0.39, 0.29) is 11.2 Å². The molecule has 0 fully saturated rings. The Morgan fingerprint density at radius 1 is 1.05 bits per heavy atom. The van der Waals surface area contributed by atoms with Gasteiger partial charge in [-0.15, -0.1) is 11.6 Å². The van der Waals surface area contributed by atoms with Crippen molar-refractivity contribution < 1.29 is 4.39 Å². The van der Waals surface area contributed by atoms with Crippen molar-refractivity contribution in [3.05, 3.63) is 69.0 Å². The molecule has 0 saturated carbocycles. The van der Waals surface area contributed by atoms with Crippen LogP contribution >= 0.6 is 34.8 Å². The van der Waals surface area contributed by atoms with Gasteiger partial charge in [-0.05, 0) is 54.3 Å². The minimum Gasteiger partial charge on any atom is -0.207 e. The Morgan fingerprint density at radius 3 is 2.47 bits per heavy atom. The molecule has 2 rings (SSSR count).